The first-order valence-corrected chi connectivity index (χ1v) is 9.10. The third-order valence-electron chi connectivity index (χ3n) is 4.14. The number of ether oxygens (including phenoxy) is 1. The van der Waals surface area contributed by atoms with Crippen LogP contribution in [0.5, 0.6) is 0 Å². The molecule has 0 saturated carbocycles. The predicted octanol–water partition coefficient (Wildman–Crippen LogP) is 4.26. The molecule has 2 N–H and O–H groups in total. The Morgan fingerprint density at radius 1 is 1.32 bits per heavy atom. The molecule has 25 heavy (non-hydrogen) atoms. The topological polar surface area (TPSA) is 38.6 Å². The van der Waals surface area contributed by atoms with Crippen LogP contribution in [0.3, 0.4) is 0 Å². The minimum atomic E-state index is 0.144. The van der Waals surface area contributed by atoms with Crippen molar-refractivity contribution in [3.8, 4) is 0 Å². The maximum Gasteiger partial charge on any atom is 0.173 e. The molecule has 1 aromatic carbocycles. The number of thiocarbonyl (C=S) groups is 1. The summed E-state index contributed by atoms with van der Waals surface area (Å²) in [5, 5.41) is 4.72. The van der Waals surface area contributed by atoms with Gasteiger partial charge in [0.15, 0.2) is 17.5 Å². The zero-order valence-corrected chi connectivity index (χ0v) is 16.5. The molecule has 134 valence electrons. The molecule has 1 atom stereocenters. The lowest BCUT2D eigenvalue weighted by Gasteiger charge is -2.32. The van der Waals surface area contributed by atoms with Crippen LogP contribution in [-0.2, 0) is 4.74 Å². The van der Waals surface area contributed by atoms with E-state index in [1.165, 1.54) is 5.56 Å². The first-order valence-electron chi connectivity index (χ1n) is 8.31. The van der Waals surface area contributed by atoms with Crippen molar-refractivity contribution < 1.29 is 9.72 Å². The number of hydrogen-bond acceptors (Lipinski definition) is 2. The highest BCUT2D eigenvalue weighted by Crippen LogP contribution is 2.24. The zero-order chi connectivity index (χ0) is 18.2. The van der Waals surface area contributed by atoms with Crippen molar-refractivity contribution in [2.45, 2.75) is 26.3 Å². The molecule has 6 heteroatoms. The lowest BCUT2D eigenvalue weighted by molar-refractivity contribution is -0.378. The summed E-state index contributed by atoms with van der Waals surface area (Å²) in [4.78, 5) is 5.24. The summed E-state index contributed by atoms with van der Waals surface area (Å²) in [6.07, 6.45) is 4.75. The summed E-state index contributed by atoms with van der Waals surface area (Å²) >= 11 is 11.8. The van der Waals surface area contributed by atoms with Gasteiger partial charge in [-0.3, -0.25) is 0 Å². The Labute approximate surface area is 160 Å². The van der Waals surface area contributed by atoms with Crippen LogP contribution in [0.4, 0.5) is 5.69 Å². The van der Waals surface area contributed by atoms with Crippen LogP contribution in [0.15, 0.2) is 42.7 Å². The summed E-state index contributed by atoms with van der Waals surface area (Å²) < 4.78 is 5.20. The first kappa shape index (κ1) is 19.6. The van der Waals surface area contributed by atoms with Gasteiger partial charge in [0, 0.05) is 43.1 Å². The molecule has 4 nitrogen and oxygen atoms in total. The number of halogens is 1. The summed E-state index contributed by atoms with van der Waals surface area (Å²) in [6.45, 7) is 5.69. The minimum Gasteiger partial charge on any atom is -0.385 e. The molecule has 0 aliphatic heterocycles. The number of benzene rings is 1. The Morgan fingerprint density at radius 3 is 2.72 bits per heavy atom. The van der Waals surface area contributed by atoms with Crippen molar-refractivity contribution in [1.29, 1.82) is 0 Å². The van der Waals surface area contributed by atoms with Gasteiger partial charge in [-0.05, 0) is 55.7 Å². The molecular weight excluding hydrogens is 354 g/mol. The van der Waals surface area contributed by atoms with Gasteiger partial charge in [0.25, 0.3) is 0 Å². The fourth-order valence-corrected chi connectivity index (χ4v) is 3.16. The van der Waals surface area contributed by atoms with Gasteiger partial charge >= 0.3 is 0 Å². The van der Waals surface area contributed by atoms with Gasteiger partial charge in [-0.2, -0.15) is 0 Å². The van der Waals surface area contributed by atoms with Crippen LogP contribution in [0.1, 0.15) is 30.5 Å². The summed E-state index contributed by atoms with van der Waals surface area (Å²) in [7, 11) is 1.71. The van der Waals surface area contributed by atoms with E-state index in [0.717, 1.165) is 24.2 Å². The van der Waals surface area contributed by atoms with Crippen LogP contribution < -0.4 is 10.3 Å². The van der Waals surface area contributed by atoms with Crippen molar-refractivity contribution in [3.05, 3.63) is 58.9 Å². The van der Waals surface area contributed by atoms with E-state index in [0.29, 0.717) is 16.7 Å². The van der Waals surface area contributed by atoms with Crippen LogP contribution in [0, 0.1) is 6.92 Å². The van der Waals surface area contributed by atoms with Gasteiger partial charge in [0.1, 0.15) is 0 Å². The van der Waals surface area contributed by atoms with Crippen LogP contribution in [0.25, 0.3) is 0 Å². The number of anilines is 1. The molecule has 2 rings (SSSR count). The zero-order valence-electron chi connectivity index (χ0n) is 14.9. The number of methoxy groups -OCH3 is 1. The normalized spacial score (nSPS) is 11.8. The minimum absolute atomic E-state index is 0.144. The lowest BCUT2D eigenvalue weighted by atomic mass is 10.1. The first-order chi connectivity index (χ1) is 12.0. The fourth-order valence-electron chi connectivity index (χ4n) is 2.62. The number of hydrogen-bond donors (Lipinski definition) is 1. The van der Waals surface area contributed by atoms with E-state index in [4.69, 9.17) is 28.6 Å². The average Bonchev–Trinajstić information content (AvgIpc) is 2.62. The van der Waals surface area contributed by atoms with Crippen molar-refractivity contribution in [2.24, 2.45) is 0 Å². The number of aryl methyl sites for hydroxylation is 1. The Morgan fingerprint density at radius 2 is 2.04 bits per heavy atom. The third kappa shape index (κ3) is 5.66. The smallest absolute Gasteiger partial charge is 0.173 e. The molecule has 0 radical (unpaired) electrons. The van der Waals surface area contributed by atoms with E-state index in [-0.39, 0.29) is 6.04 Å². The van der Waals surface area contributed by atoms with E-state index < -0.39 is 0 Å². The highest BCUT2D eigenvalue weighted by Gasteiger charge is 2.19. The Kier molecular flexibility index (Phi) is 7.62. The summed E-state index contributed by atoms with van der Waals surface area (Å²) in [6, 6.07) is 10.1. The van der Waals surface area contributed by atoms with Crippen molar-refractivity contribution in [2.75, 3.05) is 25.6 Å². The lowest BCUT2D eigenvalue weighted by Crippen LogP contribution is -2.38. The number of rotatable bonds is 7. The molecular formula is C19H25ClN3OS+. The number of aromatic amines is 1. The Balaban J connectivity index is 2.18. The highest BCUT2D eigenvalue weighted by molar-refractivity contribution is 7.80. The number of H-pyrrole nitrogens is 1. The van der Waals surface area contributed by atoms with Crippen molar-refractivity contribution in [3.63, 3.8) is 0 Å². The second-order valence-corrected chi connectivity index (χ2v) is 6.76. The standard InChI is InChI=1S/C19H24ClN3OS/c1-14-5-6-17(20)13-18(14)22-19(25)23(11-4-12-24-3)15(2)16-7-9-21-10-8-16/h5-10,13,15H,4,11-12H2,1-3H3,(H,22,25)/p+1. The van der Waals surface area contributed by atoms with Gasteiger partial charge in [0.05, 0.1) is 6.04 Å². The van der Waals surface area contributed by atoms with Crippen LogP contribution in [0.2, 0.25) is 5.02 Å². The molecule has 0 saturated heterocycles. The second kappa shape index (κ2) is 9.70. The molecule has 0 spiro atoms. The van der Waals surface area contributed by atoms with E-state index in [1.807, 2.05) is 37.5 Å². The van der Waals surface area contributed by atoms with Gasteiger partial charge in [-0.15, -0.1) is 0 Å². The second-order valence-electron chi connectivity index (χ2n) is 5.94. The average molecular weight is 379 g/mol. The molecule has 0 fully saturated rings. The number of nitrogens with one attached hydrogen (secondary N) is 2. The summed E-state index contributed by atoms with van der Waals surface area (Å²) in [5.41, 5.74) is 3.23. The van der Waals surface area contributed by atoms with E-state index in [1.54, 1.807) is 7.11 Å². The monoisotopic (exact) mass is 378 g/mol. The highest BCUT2D eigenvalue weighted by atomic mass is 35.5. The van der Waals surface area contributed by atoms with Gasteiger partial charge in [-0.1, -0.05) is 17.7 Å². The molecule has 0 aliphatic carbocycles. The number of aromatic nitrogens is 1. The molecule has 0 aliphatic rings. The largest absolute Gasteiger partial charge is 0.385 e. The molecule has 1 aromatic heterocycles. The SMILES string of the molecule is COCCCN(C(=S)Nc1cc(Cl)ccc1C)C(C)c1cc[nH+]cc1. The third-order valence-corrected chi connectivity index (χ3v) is 4.72. The van der Waals surface area contributed by atoms with Gasteiger partial charge in [-0.25, -0.2) is 4.98 Å². The predicted molar refractivity (Wildman–Crippen MR) is 107 cm³/mol. The summed E-state index contributed by atoms with van der Waals surface area (Å²) in [5.74, 6) is 0. The van der Waals surface area contributed by atoms with Crippen molar-refractivity contribution in [1.82, 2.24) is 4.90 Å². The van der Waals surface area contributed by atoms with Crippen LogP contribution in [-0.4, -0.2) is 30.3 Å². The maximum atomic E-state index is 6.12. The Hall–Kier alpha value is -1.69. The maximum absolute atomic E-state index is 6.12. The quantitative estimate of drug-likeness (QED) is 0.577. The molecule has 1 heterocycles. The number of nitrogens with zero attached hydrogens (tertiary/aromatic N) is 1. The fraction of sp³-hybridized carbons (Fsp3) is 0.368. The molecule has 1 unspecified atom stereocenters. The van der Waals surface area contributed by atoms with Crippen molar-refractivity contribution >= 4 is 34.6 Å². The van der Waals surface area contributed by atoms with Crippen LogP contribution >= 0.6 is 23.8 Å². The van der Waals surface area contributed by atoms with E-state index >= 15 is 0 Å². The van der Waals surface area contributed by atoms with E-state index in [9.17, 15) is 0 Å². The molecule has 0 amide bonds. The molecule has 2 aromatic rings. The van der Waals surface area contributed by atoms with Gasteiger partial charge in [0.2, 0.25) is 0 Å². The number of pyridine rings is 1. The van der Waals surface area contributed by atoms with E-state index in [2.05, 4.69) is 34.3 Å². The Bertz CT molecular complexity index is 696. The van der Waals surface area contributed by atoms with Gasteiger partial charge < -0.3 is 15.0 Å². The molecule has 0 bridgehead atoms.